The molecular weight excluding hydrogens is 266 g/mol. The number of carbonyl (C=O) groups excluding carboxylic acids is 1. The highest BCUT2D eigenvalue weighted by Gasteiger charge is 2.28. The van der Waals surface area contributed by atoms with Crippen molar-refractivity contribution < 1.29 is 9.32 Å². The minimum atomic E-state index is 0.134. The summed E-state index contributed by atoms with van der Waals surface area (Å²) in [6.45, 7) is 1.82. The van der Waals surface area contributed by atoms with Crippen molar-refractivity contribution >= 4 is 11.6 Å². The van der Waals surface area contributed by atoms with Crippen molar-refractivity contribution in [1.29, 1.82) is 0 Å². The predicted molar refractivity (Wildman–Crippen MR) is 78.2 cm³/mol. The number of nitrogens with zero attached hydrogens (tertiary/aromatic N) is 2. The van der Waals surface area contributed by atoms with Gasteiger partial charge in [0.05, 0.1) is 12.7 Å². The van der Waals surface area contributed by atoms with Gasteiger partial charge in [0.15, 0.2) is 5.76 Å². The second-order valence-corrected chi connectivity index (χ2v) is 5.22. The first kappa shape index (κ1) is 12.3. The summed E-state index contributed by atoms with van der Waals surface area (Å²) in [5.74, 6) is 0.911. The van der Waals surface area contributed by atoms with Crippen LogP contribution in [0.25, 0.3) is 17.0 Å². The van der Waals surface area contributed by atoms with E-state index in [0.29, 0.717) is 19.6 Å². The molecular formula is C16H15N3O2. The lowest BCUT2D eigenvalue weighted by Gasteiger charge is -2.31. The number of fused-ring (bicyclic) bond motifs is 3. The highest BCUT2D eigenvalue weighted by Crippen LogP contribution is 2.35. The quantitative estimate of drug-likeness (QED) is 0.864. The van der Waals surface area contributed by atoms with Crippen LogP contribution >= 0.6 is 0 Å². The Morgan fingerprint density at radius 1 is 1.24 bits per heavy atom. The van der Waals surface area contributed by atoms with Crippen LogP contribution in [0.4, 0.5) is 0 Å². The van der Waals surface area contributed by atoms with Gasteiger partial charge in [-0.15, -0.1) is 0 Å². The molecule has 0 radical (unpaired) electrons. The van der Waals surface area contributed by atoms with Gasteiger partial charge in [0.25, 0.3) is 0 Å². The van der Waals surface area contributed by atoms with Crippen LogP contribution in [0.5, 0.6) is 0 Å². The zero-order valence-corrected chi connectivity index (χ0v) is 11.5. The Labute approximate surface area is 122 Å². The van der Waals surface area contributed by atoms with Crippen LogP contribution in [0.3, 0.4) is 0 Å². The molecule has 5 heteroatoms. The van der Waals surface area contributed by atoms with Gasteiger partial charge in [0.2, 0.25) is 5.91 Å². The molecule has 0 saturated carbocycles. The van der Waals surface area contributed by atoms with Gasteiger partial charge in [-0.05, 0) is 18.1 Å². The summed E-state index contributed by atoms with van der Waals surface area (Å²) in [5.41, 5.74) is 4.42. The zero-order chi connectivity index (χ0) is 14.2. The molecule has 2 aliphatic heterocycles. The van der Waals surface area contributed by atoms with E-state index >= 15 is 0 Å². The van der Waals surface area contributed by atoms with Gasteiger partial charge in [-0.3, -0.25) is 4.79 Å². The van der Waals surface area contributed by atoms with E-state index in [-0.39, 0.29) is 5.91 Å². The fraction of sp³-hybridized carbons (Fsp3) is 0.250. The molecule has 0 spiro atoms. The van der Waals surface area contributed by atoms with E-state index < -0.39 is 0 Å². The van der Waals surface area contributed by atoms with Gasteiger partial charge < -0.3 is 14.7 Å². The van der Waals surface area contributed by atoms with Gasteiger partial charge in [-0.2, -0.15) is 0 Å². The van der Waals surface area contributed by atoms with Crippen LogP contribution in [-0.2, 0) is 11.2 Å². The molecule has 0 unspecified atom stereocenters. The number of rotatable bonds is 1. The normalized spacial score (nSPS) is 17.8. The fourth-order valence-corrected chi connectivity index (χ4v) is 3.09. The number of carbonyl (C=O) groups is 1. The van der Waals surface area contributed by atoms with Crippen molar-refractivity contribution in [2.75, 3.05) is 19.6 Å². The summed E-state index contributed by atoms with van der Waals surface area (Å²) >= 11 is 0. The van der Waals surface area contributed by atoms with Crippen molar-refractivity contribution in [2.24, 2.45) is 0 Å². The van der Waals surface area contributed by atoms with Gasteiger partial charge in [-0.25, -0.2) is 0 Å². The SMILES string of the molecule is O=C1CNCC=C2c3cccc(-c4ccno4)c3CCN12. The van der Waals surface area contributed by atoms with Crippen molar-refractivity contribution in [3.8, 4) is 11.3 Å². The number of nitrogens with one attached hydrogen (secondary N) is 1. The topological polar surface area (TPSA) is 58.4 Å². The maximum Gasteiger partial charge on any atom is 0.240 e. The average Bonchev–Trinajstić information content (AvgIpc) is 2.97. The first-order chi connectivity index (χ1) is 10.3. The lowest BCUT2D eigenvalue weighted by atomic mass is 9.91. The third-order valence-electron chi connectivity index (χ3n) is 4.05. The van der Waals surface area contributed by atoms with Crippen molar-refractivity contribution in [3.63, 3.8) is 0 Å². The first-order valence-corrected chi connectivity index (χ1v) is 7.09. The monoisotopic (exact) mass is 281 g/mol. The number of hydrogen-bond donors (Lipinski definition) is 1. The van der Waals surface area contributed by atoms with Gasteiger partial charge in [-0.1, -0.05) is 23.4 Å². The van der Waals surface area contributed by atoms with E-state index in [2.05, 4.69) is 22.6 Å². The summed E-state index contributed by atoms with van der Waals surface area (Å²) in [4.78, 5) is 14.0. The van der Waals surface area contributed by atoms with E-state index in [1.807, 2.05) is 23.1 Å². The molecule has 1 N–H and O–H groups in total. The van der Waals surface area contributed by atoms with Crippen LogP contribution < -0.4 is 5.32 Å². The Bertz CT molecular complexity index is 719. The molecule has 0 fully saturated rings. The molecule has 5 nitrogen and oxygen atoms in total. The van der Waals surface area contributed by atoms with Crippen LogP contribution in [-0.4, -0.2) is 35.6 Å². The first-order valence-electron chi connectivity index (χ1n) is 7.09. The third-order valence-corrected chi connectivity index (χ3v) is 4.05. The Kier molecular flexibility index (Phi) is 2.86. The second-order valence-electron chi connectivity index (χ2n) is 5.22. The second kappa shape index (κ2) is 4.86. The maximum atomic E-state index is 12.2. The van der Waals surface area contributed by atoms with E-state index in [4.69, 9.17) is 4.52 Å². The van der Waals surface area contributed by atoms with Crippen molar-refractivity contribution in [2.45, 2.75) is 6.42 Å². The third kappa shape index (κ3) is 1.97. The lowest BCUT2D eigenvalue weighted by Crippen LogP contribution is -2.38. The standard InChI is InChI=1S/C16H15N3O2/c20-16-10-17-7-4-14-12-2-1-3-13(15-5-8-18-21-15)11(12)6-9-19(14)16/h1-5,8,17H,6-7,9-10H2. The lowest BCUT2D eigenvalue weighted by molar-refractivity contribution is -0.126. The minimum Gasteiger partial charge on any atom is -0.356 e. The average molecular weight is 281 g/mol. The molecule has 1 amide bonds. The van der Waals surface area contributed by atoms with Crippen LogP contribution in [0, 0.1) is 0 Å². The molecule has 21 heavy (non-hydrogen) atoms. The summed E-state index contributed by atoms with van der Waals surface area (Å²) in [5, 5.41) is 6.92. The largest absolute Gasteiger partial charge is 0.356 e. The van der Waals surface area contributed by atoms with Crippen molar-refractivity contribution in [1.82, 2.24) is 15.4 Å². The molecule has 1 aromatic carbocycles. The molecule has 106 valence electrons. The van der Waals surface area contributed by atoms with E-state index in [1.165, 1.54) is 5.56 Å². The molecule has 0 atom stereocenters. The summed E-state index contributed by atoms with van der Waals surface area (Å²) in [7, 11) is 0. The minimum absolute atomic E-state index is 0.134. The van der Waals surface area contributed by atoms with E-state index in [1.54, 1.807) is 6.20 Å². The number of hydrogen-bond acceptors (Lipinski definition) is 4. The Morgan fingerprint density at radius 3 is 3.00 bits per heavy atom. The maximum absolute atomic E-state index is 12.2. The molecule has 4 rings (SSSR count). The molecule has 2 aromatic rings. The molecule has 0 aliphatic carbocycles. The Balaban J connectivity index is 1.87. The van der Waals surface area contributed by atoms with Crippen LogP contribution in [0.2, 0.25) is 0 Å². The zero-order valence-electron chi connectivity index (χ0n) is 11.5. The Hall–Kier alpha value is -2.40. The fourth-order valence-electron chi connectivity index (χ4n) is 3.09. The predicted octanol–water partition coefficient (Wildman–Crippen LogP) is 1.67. The molecule has 1 aromatic heterocycles. The Morgan fingerprint density at radius 2 is 2.14 bits per heavy atom. The van der Waals surface area contributed by atoms with Gasteiger partial charge >= 0.3 is 0 Å². The van der Waals surface area contributed by atoms with Gasteiger partial charge in [0.1, 0.15) is 0 Å². The summed E-state index contributed by atoms with van der Waals surface area (Å²) in [6, 6.07) is 8.00. The highest BCUT2D eigenvalue weighted by atomic mass is 16.5. The molecule has 0 bridgehead atoms. The van der Waals surface area contributed by atoms with Crippen LogP contribution in [0.15, 0.2) is 41.1 Å². The number of amides is 1. The highest BCUT2D eigenvalue weighted by molar-refractivity contribution is 5.91. The smallest absolute Gasteiger partial charge is 0.240 e. The van der Waals surface area contributed by atoms with E-state index in [9.17, 15) is 4.79 Å². The molecule has 2 aliphatic rings. The summed E-state index contributed by atoms with van der Waals surface area (Å²) < 4.78 is 5.31. The van der Waals surface area contributed by atoms with Gasteiger partial charge in [0, 0.05) is 36.0 Å². The number of aromatic nitrogens is 1. The molecule has 0 saturated heterocycles. The molecule has 3 heterocycles. The number of benzene rings is 1. The van der Waals surface area contributed by atoms with E-state index in [0.717, 1.165) is 29.0 Å². The van der Waals surface area contributed by atoms with Crippen molar-refractivity contribution in [3.05, 3.63) is 47.7 Å². The summed E-state index contributed by atoms with van der Waals surface area (Å²) in [6.07, 6.45) is 4.57. The van der Waals surface area contributed by atoms with Crippen LogP contribution in [0.1, 0.15) is 11.1 Å².